The highest BCUT2D eigenvalue weighted by molar-refractivity contribution is 5.84. The van der Waals surface area contributed by atoms with Crippen LogP contribution in [0.1, 0.15) is 26.0 Å². The maximum Gasteiger partial charge on any atom is 0.150 e. The smallest absolute Gasteiger partial charge is 0.150 e. The average Bonchev–Trinajstić information content (AvgIpc) is 2.59. The molecular formula is C11H19N3O. The molecule has 0 aliphatic carbocycles. The fraction of sp³-hybridized carbons (Fsp3) is 0.636. The van der Waals surface area contributed by atoms with E-state index >= 15 is 0 Å². The van der Waals surface area contributed by atoms with Gasteiger partial charge in [0.1, 0.15) is 5.78 Å². The number of aryl methyl sites for hydroxylation is 2. The Morgan fingerprint density at radius 3 is 2.73 bits per heavy atom. The van der Waals surface area contributed by atoms with Crippen molar-refractivity contribution in [2.45, 2.75) is 32.7 Å². The van der Waals surface area contributed by atoms with Gasteiger partial charge in [0.25, 0.3) is 0 Å². The van der Waals surface area contributed by atoms with Gasteiger partial charge in [-0.1, -0.05) is 13.8 Å². The monoisotopic (exact) mass is 209 g/mol. The minimum absolute atomic E-state index is 0.131. The second kappa shape index (κ2) is 5.07. The van der Waals surface area contributed by atoms with Crippen LogP contribution in [-0.4, -0.2) is 21.6 Å². The molecule has 1 heterocycles. The first-order valence-corrected chi connectivity index (χ1v) is 5.27. The number of aromatic nitrogens is 2. The topological polar surface area (TPSA) is 60.9 Å². The Morgan fingerprint density at radius 1 is 1.60 bits per heavy atom. The highest BCUT2D eigenvalue weighted by Crippen LogP contribution is 2.06. The molecular weight excluding hydrogens is 190 g/mol. The second-order valence-corrected chi connectivity index (χ2v) is 4.18. The third-order valence-corrected chi connectivity index (χ3v) is 2.64. The molecule has 0 bridgehead atoms. The standard InChI is InChI=1S/C11H19N3O/c1-8(2)11(12)10(15)5-4-9-6-7-13-14(9)3/h6-8,11H,4-5,12H2,1-3H3. The van der Waals surface area contributed by atoms with E-state index in [1.807, 2.05) is 27.0 Å². The van der Waals surface area contributed by atoms with E-state index in [-0.39, 0.29) is 17.7 Å². The van der Waals surface area contributed by atoms with Crippen LogP contribution >= 0.6 is 0 Å². The maximum atomic E-state index is 11.6. The fourth-order valence-corrected chi connectivity index (χ4v) is 1.44. The molecule has 1 unspecified atom stereocenters. The lowest BCUT2D eigenvalue weighted by Crippen LogP contribution is -2.35. The average molecular weight is 209 g/mol. The zero-order chi connectivity index (χ0) is 11.4. The largest absolute Gasteiger partial charge is 0.321 e. The summed E-state index contributed by atoms with van der Waals surface area (Å²) < 4.78 is 1.79. The van der Waals surface area contributed by atoms with Crippen molar-refractivity contribution in [1.29, 1.82) is 0 Å². The summed E-state index contributed by atoms with van der Waals surface area (Å²) in [5, 5.41) is 4.05. The van der Waals surface area contributed by atoms with Gasteiger partial charge in [-0.15, -0.1) is 0 Å². The van der Waals surface area contributed by atoms with Gasteiger partial charge >= 0.3 is 0 Å². The van der Waals surface area contributed by atoms with E-state index < -0.39 is 0 Å². The van der Waals surface area contributed by atoms with Crippen molar-refractivity contribution in [1.82, 2.24) is 9.78 Å². The van der Waals surface area contributed by atoms with Gasteiger partial charge in [0.05, 0.1) is 6.04 Å². The first kappa shape index (κ1) is 11.9. The Morgan fingerprint density at radius 2 is 2.27 bits per heavy atom. The normalized spacial score (nSPS) is 13.1. The van der Waals surface area contributed by atoms with Crippen LogP contribution in [0.5, 0.6) is 0 Å². The molecule has 0 fully saturated rings. The third kappa shape index (κ3) is 3.16. The van der Waals surface area contributed by atoms with Crippen molar-refractivity contribution in [3.05, 3.63) is 18.0 Å². The van der Waals surface area contributed by atoms with Crippen LogP contribution in [0.15, 0.2) is 12.3 Å². The molecule has 1 atom stereocenters. The van der Waals surface area contributed by atoms with E-state index in [9.17, 15) is 4.79 Å². The number of hydrogen-bond acceptors (Lipinski definition) is 3. The highest BCUT2D eigenvalue weighted by Gasteiger charge is 2.17. The van der Waals surface area contributed by atoms with Crippen molar-refractivity contribution in [3.63, 3.8) is 0 Å². The molecule has 1 aromatic heterocycles. The fourth-order valence-electron chi connectivity index (χ4n) is 1.44. The summed E-state index contributed by atoms with van der Waals surface area (Å²) in [5.74, 6) is 0.343. The van der Waals surface area contributed by atoms with Crippen molar-refractivity contribution in [2.75, 3.05) is 0 Å². The number of hydrogen-bond donors (Lipinski definition) is 1. The Bertz CT molecular complexity index is 330. The summed E-state index contributed by atoms with van der Waals surface area (Å²) >= 11 is 0. The molecule has 4 nitrogen and oxygen atoms in total. The summed E-state index contributed by atoms with van der Waals surface area (Å²) in [4.78, 5) is 11.6. The van der Waals surface area contributed by atoms with Crippen LogP contribution in [0.4, 0.5) is 0 Å². The van der Waals surface area contributed by atoms with Gasteiger partial charge in [-0.25, -0.2) is 0 Å². The molecule has 4 heteroatoms. The molecule has 0 saturated heterocycles. The zero-order valence-corrected chi connectivity index (χ0v) is 9.60. The Balaban J connectivity index is 2.44. The number of nitrogens with zero attached hydrogens (tertiary/aromatic N) is 2. The van der Waals surface area contributed by atoms with Gasteiger partial charge in [0.2, 0.25) is 0 Å². The van der Waals surface area contributed by atoms with Crippen LogP contribution in [0.25, 0.3) is 0 Å². The van der Waals surface area contributed by atoms with Gasteiger partial charge in [-0.05, 0) is 18.4 Å². The Hall–Kier alpha value is -1.16. The van der Waals surface area contributed by atoms with Crippen LogP contribution in [-0.2, 0) is 18.3 Å². The lowest BCUT2D eigenvalue weighted by Gasteiger charge is -2.13. The second-order valence-electron chi connectivity index (χ2n) is 4.18. The SMILES string of the molecule is CC(C)C(N)C(=O)CCc1ccnn1C. The van der Waals surface area contributed by atoms with Gasteiger partial charge in [0, 0.05) is 25.4 Å². The minimum atomic E-state index is -0.335. The third-order valence-electron chi connectivity index (χ3n) is 2.64. The summed E-state index contributed by atoms with van der Waals surface area (Å²) in [5.41, 5.74) is 6.83. The molecule has 0 saturated carbocycles. The number of ketones is 1. The number of Topliss-reactive ketones (excluding diaryl/α,β-unsaturated/α-hetero) is 1. The molecule has 2 N–H and O–H groups in total. The molecule has 1 rings (SSSR count). The van der Waals surface area contributed by atoms with Crippen molar-refractivity contribution < 1.29 is 4.79 Å². The van der Waals surface area contributed by atoms with Crippen LogP contribution in [0.2, 0.25) is 0 Å². The molecule has 0 amide bonds. The zero-order valence-electron chi connectivity index (χ0n) is 9.60. The number of carbonyl (C=O) groups excluding carboxylic acids is 1. The molecule has 1 aromatic rings. The summed E-state index contributed by atoms with van der Waals surface area (Å²) in [7, 11) is 1.88. The molecule has 84 valence electrons. The molecule has 0 aromatic carbocycles. The quantitative estimate of drug-likeness (QED) is 0.784. The number of rotatable bonds is 5. The first-order valence-electron chi connectivity index (χ1n) is 5.27. The first-order chi connectivity index (χ1) is 7.02. The molecule has 0 spiro atoms. The Labute approximate surface area is 90.5 Å². The van der Waals surface area contributed by atoms with Crippen LogP contribution in [0.3, 0.4) is 0 Å². The maximum absolute atomic E-state index is 11.6. The lowest BCUT2D eigenvalue weighted by atomic mass is 9.97. The van der Waals surface area contributed by atoms with Gasteiger partial charge in [0.15, 0.2) is 0 Å². The molecule has 0 aliphatic heterocycles. The lowest BCUT2D eigenvalue weighted by molar-refractivity contribution is -0.121. The number of nitrogens with two attached hydrogens (primary N) is 1. The summed E-state index contributed by atoms with van der Waals surface area (Å²) in [6.45, 7) is 3.93. The van der Waals surface area contributed by atoms with E-state index in [1.54, 1.807) is 10.9 Å². The molecule has 0 radical (unpaired) electrons. The van der Waals surface area contributed by atoms with E-state index in [0.717, 1.165) is 12.1 Å². The molecule has 15 heavy (non-hydrogen) atoms. The van der Waals surface area contributed by atoms with Gasteiger partial charge in [-0.2, -0.15) is 5.10 Å². The van der Waals surface area contributed by atoms with Crippen LogP contribution in [0, 0.1) is 5.92 Å². The minimum Gasteiger partial charge on any atom is -0.321 e. The van der Waals surface area contributed by atoms with Crippen molar-refractivity contribution in [2.24, 2.45) is 18.7 Å². The predicted molar refractivity (Wildman–Crippen MR) is 59.3 cm³/mol. The summed E-state index contributed by atoms with van der Waals surface area (Å²) in [6, 6.07) is 1.59. The van der Waals surface area contributed by atoms with Crippen molar-refractivity contribution >= 4 is 5.78 Å². The Kier molecular flexibility index (Phi) is 4.03. The number of carbonyl (C=O) groups is 1. The van der Waals surface area contributed by atoms with E-state index in [4.69, 9.17) is 5.73 Å². The van der Waals surface area contributed by atoms with Gasteiger partial charge in [-0.3, -0.25) is 9.48 Å². The van der Waals surface area contributed by atoms with Crippen molar-refractivity contribution in [3.8, 4) is 0 Å². The van der Waals surface area contributed by atoms with E-state index in [1.165, 1.54) is 0 Å². The van der Waals surface area contributed by atoms with E-state index in [2.05, 4.69) is 5.10 Å². The van der Waals surface area contributed by atoms with Gasteiger partial charge < -0.3 is 5.73 Å². The highest BCUT2D eigenvalue weighted by atomic mass is 16.1. The predicted octanol–water partition coefficient (Wildman–Crippen LogP) is 0.905. The summed E-state index contributed by atoms with van der Waals surface area (Å²) in [6.07, 6.45) is 2.96. The van der Waals surface area contributed by atoms with E-state index in [0.29, 0.717) is 6.42 Å². The van der Waals surface area contributed by atoms with Crippen LogP contribution < -0.4 is 5.73 Å². The molecule has 0 aliphatic rings.